The number of hydrogen-bond donors (Lipinski definition) is 1. The van der Waals surface area contributed by atoms with Crippen molar-refractivity contribution < 1.29 is 14.6 Å². The third kappa shape index (κ3) is 4.42. The maximum absolute atomic E-state index is 11.7. The molecule has 3 aromatic rings. The van der Waals surface area contributed by atoms with Crippen LogP contribution in [0.1, 0.15) is 40.5 Å². The van der Waals surface area contributed by atoms with Crippen LogP contribution in [0.2, 0.25) is 5.02 Å². The Balaban J connectivity index is 1.62. The van der Waals surface area contributed by atoms with E-state index in [-0.39, 0.29) is 18.2 Å². The fourth-order valence-corrected chi connectivity index (χ4v) is 4.03. The quantitative estimate of drug-likeness (QED) is 0.493. The number of aromatic carboxylic acids is 1. The maximum atomic E-state index is 11.7. The second-order valence-corrected chi connectivity index (χ2v) is 8.28. The number of benzene rings is 2. The van der Waals surface area contributed by atoms with E-state index in [0.29, 0.717) is 22.4 Å². The Hall–Kier alpha value is -2.64. The van der Waals surface area contributed by atoms with Gasteiger partial charge in [-0.05, 0) is 42.7 Å². The van der Waals surface area contributed by atoms with Crippen molar-refractivity contribution in [2.24, 2.45) is 0 Å². The van der Waals surface area contributed by atoms with Crippen LogP contribution in [-0.4, -0.2) is 27.6 Å². The monoisotopic (exact) mass is 487 g/mol. The van der Waals surface area contributed by atoms with Crippen molar-refractivity contribution in [2.75, 3.05) is 11.4 Å². The highest BCUT2D eigenvalue weighted by atomic mass is 79.9. The van der Waals surface area contributed by atoms with E-state index in [1.807, 2.05) is 12.1 Å². The summed E-state index contributed by atoms with van der Waals surface area (Å²) in [5.41, 5.74) is 1.51. The minimum atomic E-state index is -1.09. The van der Waals surface area contributed by atoms with Crippen LogP contribution in [-0.2, 0) is 6.61 Å². The number of carboxylic acids is 1. The summed E-state index contributed by atoms with van der Waals surface area (Å²) in [5, 5.41) is 10.0. The summed E-state index contributed by atoms with van der Waals surface area (Å²) in [6.07, 6.45) is 3.35. The molecule has 1 aromatic heterocycles. The molecule has 0 unspecified atom stereocenters. The molecule has 0 radical (unpaired) electrons. The highest BCUT2D eigenvalue weighted by molar-refractivity contribution is 9.10. The smallest absolute Gasteiger partial charge is 0.339 e. The molecule has 0 aliphatic carbocycles. The Morgan fingerprint density at radius 2 is 2.00 bits per heavy atom. The van der Waals surface area contributed by atoms with Crippen LogP contribution in [0.5, 0.6) is 5.75 Å². The van der Waals surface area contributed by atoms with Crippen LogP contribution in [0, 0.1) is 0 Å². The minimum absolute atomic E-state index is 0.0162. The zero-order chi connectivity index (χ0) is 21.1. The van der Waals surface area contributed by atoms with Crippen LogP contribution in [0.4, 0.5) is 5.95 Å². The summed E-state index contributed by atoms with van der Waals surface area (Å²) in [5.74, 6) is -0.113. The van der Waals surface area contributed by atoms with Crippen LogP contribution < -0.4 is 9.64 Å². The third-order valence-electron chi connectivity index (χ3n) is 5.05. The first kappa shape index (κ1) is 20.6. The van der Waals surface area contributed by atoms with Gasteiger partial charge in [0.25, 0.3) is 0 Å². The topological polar surface area (TPSA) is 75.5 Å². The van der Waals surface area contributed by atoms with Gasteiger partial charge >= 0.3 is 5.97 Å². The Bertz CT molecular complexity index is 1060. The van der Waals surface area contributed by atoms with Crippen molar-refractivity contribution in [3.05, 3.63) is 81.0 Å². The van der Waals surface area contributed by atoms with Gasteiger partial charge in [0.2, 0.25) is 5.95 Å². The first-order chi connectivity index (χ1) is 14.5. The molecule has 1 aliphatic heterocycles. The molecule has 1 N–H and O–H groups in total. The zero-order valence-corrected chi connectivity index (χ0v) is 18.3. The number of nitrogens with zero attached hydrogens (tertiary/aromatic N) is 3. The fraction of sp³-hybridized carbons (Fsp3) is 0.227. The number of anilines is 1. The molecule has 1 aliphatic rings. The van der Waals surface area contributed by atoms with Crippen molar-refractivity contribution in [3.63, 3.8) is 0 Å². The highest BCUT2D eigenvalue weighted by Crippen LogP contribution is 2.35. The largest absolute Gasteiger partial charge is 0.486 e. The molecule has 0 spiro atoms. The Morgan fingerprint density at radius 1 is 1.23 bits per heavy atom. The van der Waals surface area contributed by atoms with Gasteiger partial charge in [-0.25, -0.2) is 14.8 Å². The summed E-state index contributed by atoms with van der Waals surface area (Å²) >= 11 is 9.61. The summed E-state index contributed by atoms with van der Waals surface area (Å²) in [6, 6.07) is 15.4. The summed E-state index contributed by atoms with van der Waals surface area (Å²) < 4.78 is 6.77. The average Bonchev–Trinajstić information content (AvgIpc) is 3.23. The molecule has 4 rings (SSSR count). The van der Waals surface area contributed by atoms with Crippen molar-refractivity contribution >= 4 is 39.4 Å². The number of rotatable bonds is 6. The number of ether oxygens (including phenoxy) is 1. The Morgan fingerprint density at radius 3 is 2.73 bits per heavy atom. The SMILES string of the molecule is O=C(O)c1cnc(N2CCC[C@H]2c2ccc(Br)cc2)nc1COc1ccccc1Cl. The standard InChI is InChI=1S/C22H19BrClN3O3/c23-15-9-7-14(8-10-15)19-5-3-11-27(19)22-25-12-16(21(28)29)18(26-22)13-30-20-6-2-1-4-17(20)24/h1-2,4,6-10,12,19H,3,5,11,13H2,(H,28,29)/t19-/m0/s1. The predicted molar refractivity (Wildman–Crippen MR) is 118 cm³/mol. The van der Waals surface area contributed by atoms with E-state index in [2.05, 4.69) is 42.9 Å². The van der Waals surface area contributed by atoms with E-state index in [9.17, 15) is 9.90 Å². The van der Waals surface area contributed by atoms with E-state index < -0.39 is 5.97 Å². The van der Waals surface area contributed by atoms with Crippen LogP contribution in [0.25, 0.3) is 0 Å². The average molecular weight is 489 g/mol. The first-order valence-electron chi connectivity index (χ1n) is 9.51. The molecule has 0 saturated carbocycles. The van der Waals surface area contributed by atoms with Crippen molar-refractivity contribution in [1.82, 2.24) is 9.97 Å². The molecule has 1 fully saturated rings. The summed E-state index contributed by atoms with van der Waals surface area (Å²) in [6.45, 7) is 0.787. The molecule has 6 nitrogen and oxygen atoms in total. The van der Waals surface area contributed by atoms with E-state index in [1.54, 1.807) is 24.3 Å². The normalized spacial score (nSPS) is 15.9. The zero-order valence-electron chi connectivity index (χ0n) is 16.0. The van der Waals surface area contributed by atoms with Gasteiger partial charge in [-0.2, -0.15) is 0 Å². The predicted octanol–water partition coefficient (Wildman–Crippen LogP) is 5.51. The van der Waals surface area contributed by atoms with Crippen LogP contribution >= 0.6 is 27.5 Å². The molecule has 2 aromatic carbocycles. The number of aromatic nitrogens is 2. The van der Waals surface area contributed by atoms with Crippen LogP contribution in [0.3, 0.4) is 0 Å². The lowest BCUT2D eigenvalue weighted by Gasteiger charge is -2.25. The summed E-state index contributed by atoms with van der Waals surface area (Å²) in [4.78, 5) is 22.7. The maximum Gasteiger partial charge on any atom is 0.339 e. The lowest BCUT2D eigenvalue weighted by Crippen LogP contribution is -2.26. The van der Waals surface area contributed by atoms with Gasteiger partial charge in [0.05, 0.1) is 16.8 Å². The lowest BCUT2D eigenvalue weighted by atomic mass is 10.1. The molecule has 30 heavy (non-hydrogen) atoms. The Kier molecular flexibility index (Phi) is 6.20. The fourth-order valence-electron chi connectivity index (χ4n) is 3.58. The minimum Gasteiger partial charge on any atom is -0.486 e. The van der Waals surface area contributed by atoms with E-state index in [4.69, 9.17) is 16.3 Å². The van der Waals surface area contributed by atoms with Gasteiger partial charge in [-0.3, -0.25) is 0 Å². The molecule has 2 heterocycles. The highest BCUT2D eigenvalue weighted by Gasteiger charge is 2.29. The van der Waals surface area contributed by atoms with Crippen molar-refractivity contribution in [2.45, 2.75) is 25.5 Å². The second-order valence-electron chi connectivity index (χ2n) is 6.96. The molecule has 154 valence electrons. The molecule has 0 amide bonds. The number of para-hydroxylation sites is 1. The van der Waals surface area contributed by atoms with Crippen molar-refractivity contribution in [3.8, 4) is 5.75 Å². The van der Waals surface area contributed by atoms with Gasteiger partial charge in [0.15, 0.2) is 0 Å². The number of carbonyl (C=O) groups is 1. The summed E-state index contributed by atoms with van der Waals surface area (Å²) in [7, 11) is 0. The van der Waals surface area contributed by atoms with Gasteiger partial charge < -0.3 is 14.7 Å². The van der Waals surface area contributed by atoms with E-state index >= 15 is 0 Å². The number of halogens is 2. The molecule has 0 bridgehead atoms. The van der Waals surface area contributed by atoms with Gasteiger partial charge in [-0.1, -0.05) is 51.8 Å². The van der Waals surface area contributed by atoms with Crippen LogP contribution in [0.15, 0.2) is 59.2 Å². The lowest BCUT2D eigenvalue weighted by molar-refractivity contribution is 0.0692. The second kappa shape index (κ2) is 9.02. The number of hydrogen-bond acceptors (Lipinski definition) is 5. The molecular weight excluding hydrogens is 470 g/mol. The van der Waals surface area contributed by atoms with Gasteiger partial charge in [0, 0.05) is 17.2 Å². The first-order valence-corrected chi connectivity index (χ1v) is 10.7. The van der Waals surface area contributed by atoms with Crippen molar-refractivity contribution in [1.29, 1.82) is 0 Å². The molecule has 8 heteroatoms. The third-order valence-corrected chi connectivity index (χ3v) is 5.89. The molecular formula is C22H19BrClN3O3. The van der Waals surface area contributed by atoms with Gasteiger partial charge in [0.1, 0.15) is 17.9 Å². The van der Waals surface area contributed by atoms with Gasteiger partial charge in [-0.15, -0.1) is 0 Å². The number of carboxylic acid groups (broad SMARTS) is 1. The molecule has 1 atom stereocenters. The van der Waals surface area contributed by atoms with E-state index in [1.165, 1.54) is 11.8 Å². The molecule has 1 saturated heterocycles. The van der Waals surface area contributed by atoms with E-state index in [0.717, 1.165) is 23.9 Å². The Labute approximate surface area is 187 Å².